The summed E-state index contributed by atoms with van der Waals surface area (Å²) in [6.07, 6.45) is 10.4. The normalized spacial score (nSPS) is 19.0. The fourth-order valence-electron chi connectivity index (χ4n) is 2.49. The summed E-state index contributed by atoms with van der Waals surface area (Å²) in [5, 5.41) is 1.10. The minimum Gasteiger partial charge on any atom is -0.346 e. The van der Waals surface area contributed by atoms with E-state index in [1.54, 1.807) is 0 Å². The summed E-state index contributed by atoms with van der Waals surface area (Å²) in [6.45, 7) is 1.41. The van der Waals surface area contributed by atoms with Gasteiger partial charge in [0.2, 0.25) is 5.91 Å². The summed E-state index contributed by atoms with van der Waals surface area (Å²) in [5.41, 5.74) is 2.04. The number of pyridine rings is 1. The topological polar surface area (TPSA) is 49.0 Å². The standard InChI is InChI=1S/C15H15N3O/c1-2-11-8-14(19)18(10-11)6-4-12-7-13-3-5-16-15(13)17-9-12/h1,3,5,7,9,11H,4,6,8,10H2,(H,16,17). The number of hydrogen-bond acceptors (Lipinski definition) is 2. The maximum atomic E-state index is 11.7. The SMILES string of the molecule is C#CC1CC(=O)N(CCc2cnc3[nH]ccc3c2)C1. The fourth-order valence-corrected chi connectivity index (χ4v) is 2.49. The molecule has 0 saturated carbocycles. The lowest BCUT2D eigenvalue weighted by Gasteiger charge is -2.15. The predicted octanol–water partition coefficient (Wildman–Crippen LogP) is 1.59. The Bertz CT molecular complexity index is 653. The number of H-pyrrole nitrogens is 1. The number of hydrogen-bond donors (Lipinski definition) is 1. The monoisotopic (exact) mass is 253 g/mol. The minimum atomic E-state index is 0.0813. The second-order valence-electron chi connectivity index (χ2n) is 4.92. The van der Waals surface area contributed by atoms with Gasteiger partial charge in [-0.1, -0.05) is 0 Å². The Balaban J connectivity index is 1.66. The third kappa shape index (κ3) is 2.32. The Labute approximate surface area is 111 Å². The second kappa shape index (κ2) is 4.77. The number of amides is 1. The Morgan fingerprint density at radius 1 is 1.58 bits per heavy atom. The first kappa shape index (κ1) is 11.8. The van der Waals surface area contributed by atoms with Gasteiger partial charge in [-0.3, -0.25) is 4.79 Å². The zero-order valence-corrected chi connectivity index (χ0v) is 10.6. The van der Waals surface area contributed by atoms with Crippen LogP contribution < -0.4 is 0 Å². The minimum absolute atomic E-state index is 0.0813. The van der Waals surface area contributed by atoms with Crippen LogP contribution in [0.2, 0.25) is 0 Å². The summed E-state index contributed by atoms with van der Waals surface area (Å²) in [6, 6.07) is 4.11. The van der Waals surface area contributed by atoms with Crippen LogP contribution in [0.3, 0.4) is 0 Å². The molecule has 3 rings (SSSR count). The highest BCUT2D eigenvalue weighted by Crippen LogP contribution is 2.18. The Kier molecular flexibility index (Phi) is 2.96. The molecule has 0 aromatic carbocycles. The highest BCUT2D eigenvalue weighted by molar-refractivity contribution is 5.79. The molecule has 0 aliphatic carbocycles. The van der Waals surface area contributed by atoms with Gasteiger partial charge in [-0.2, -0.15) is 0 Å². The molecule has 1 aliphatic rings. The van der Waals surface area contributed by atoms with Crippen LogP contribution in [0, 0.1) is 18.3 Å². The summed E-state index contributed by atoms with van der Waals surface area (Å²) in [4.78, 5) is 21.0. The largest absolute Gasteiger partial charge is 0.346 e. The van der Waals surface area contributed by atoms with Crippen LogP contribution >= 0.6 is 0 Å². The number of aromatic nitrogens is 2. The van der Waals surface area contributed by atoms with Crippen LogP contribution in [0.15, 0.2) is 24.5 Å². The van der Waals surface area contributed by atoms with E-state index in [1.807, 2.05) is 23.4 Å². The zero-order valence-electron chi connectivity index (χ0n) is 10.6. The van der Waals surface area contributed by atoms with Crippen molar-refractivity contribution in [3.8, 4) is 12.3 Å². The maximum absolute atomic E-state index is 11.7. The van der Waals surface area contributed by atoms with Crippen molar-refractivity contribution in [2.24, 2.45) is 5.92 Å². The molecule has 1 fully saturated rings. The molecule has 1 aliphatic heterocycles. The van der Waals surface area contributed by atoms with Gasteiger partial charge in [0.25, 0.3) is 0 Å². The average molecular weight is 253 g/mol. The second-order valence-corrected chi connectivity index (χ2v) is 4.92. The molecule has 0 bridgehead atoms. The van der Waals surface area contributed by atoms with E-state index in [4.69, 9.17) is 6.42 Å². The van der Waals surface area contributed by atoms with Crippen LogP contribution in [-0.2, 0) is 11.2 Å². The van der Waals surface area contributed by atoms with Gasteiger partial charge in [-0.05, 0) is 24.1 Å². The molecule has 1 amide bonds. The van der Waals surface area contributed by atoms with Gasteiger partial charge < -0.3 is 9.88 Å². The molecular weight excluding hydrogens is 238 g/mol. The van der Waals surface area contributed by atoms with Gasteiger partial charge in [0.1, 0.15) is 5.65 Å². The molecule has 4 heteroatoms. The first-order valence-electron chi connectivity index (χ1n) is 6.42. The van der Waals surface area contributed by atoms with Crippen molar-refractivity contribution in [3.63, 3.8) is 0 Å². The molecule has 96 valence electrons. The molecule has 1 N–H and O–H groups in total. The van der Waals surface area contributed by atoms with Crippen molar-refractivity contribution in [1.82, 2.24) is 14.9 Å². The molecule has 0 radical (unpaired) electrons. The maximum Gasteiger partial charge on any atom is 0.223 e. The summed E-state index contributed by atoms with van der Waals surface area (Å²) >= 11 is 0. The van der Waals surface area contributed by atoms with E-state index in [0.29, 0.717) is 19.5 Å². The first-order chi connectivity index (χ1) is 9.26. The molecule has 0 spiro atoms. The third-order valence-electron chi connectivity index (χ3n) is 3.58. The number of terminal acetylenes is 1. The first-order valence-corrected chi connectivity index (χ1v) is 6.42. The average Bonchev–Trinajstić information content (AvgIpc) is 3.02. The smallest absolute Gasteiger partial charge is 0.223 e. The van der Waals surface area contributed by atoms with E-state index in [2.05, 4.69) is 22.0 Å². The highest BCUT2D eigenvalue weighted by Gasteiger charge is 2.27. The van der Waals surface area contributed by atoms with Crippen molar-refractivity contribution in [1.29, 1.82) is 0 Å². The number of likely N-dealkylation sites (tertiary alicyclic amines) is 1. The molecule has 4 nitrogen and oxygen atoms in total. The van der Waals surface area contributed by atoms with Gasteiger partial charge in [0.15, 0.2) is 0 Å². The summed E-state index contributed by atoms with van der Waals surface area (Å²) in [5.74, 6) is 2.91. The molecule has 2 aromatic rings. The van der Waals surface area contributed by atoms with Gasteiger partial charge in [-0.15, -0.1) is 12.3 Å². The van der Waals surface area contributed by atoms with Crippen LogP contribution in [0.5, 0.6) is 0 Å². The molecule has 1 atom stereocenters. The van der Waals surface area contributed by atoms with E-state index in [0.717, 1.165) is 23.0 Å². The Morgan fingerprint density at radius 3 is 3.26 bits per heavy atom. The van der Waals surface area contributed by atoms with Crippen molar-refractivity contribution in [2.45, 2.75) is 12.8 Å². The molecule has 19 heavy (non-hydrogen) atoms. The van der Waals surface area contributed by atoms with Gasteiger partial charge in [0, 0.05) is 43.2 Å². The van der Waals surface area contributed by atoms with Crippen molar-refractivity contribution < 1.29 is 4.79 Å². The zero-order chi connectivity index (χ0) is 13.2. The predicted molar refractivity (Wildman–Crippen MR) is 73.3 cm³/mol. The van der Waals surface area contributed by atoms with Gasteiger partial charge >= 0.3 is 0 Å². The fraction of sp³-hybridized carbons (Fsp3) is 0.333. The number of aromatic amines is 1. The summed E-state index contributed by atoms with van der Waals surface area (Å²) in [7, 11) is 0. The quantitative estimate of drug-likeness (QED) is 0.844. The molecule has 3 heterocycles. The van der Waals surface area contributed by atoms with E-state index in [9.17, 15) is 4.79 Å². The molecule has 2 aromatic heterocycles. The third-order valence-corrected chi connectivity index (χ3v) is 3.58. The van der Waals surface area contributed by atoms with Crippen LogP contribution in [0.1, 0.15) is 12.0 Å². The summed E-state index contributed by atoms with van der Waals surface area (Å²) < 4.78 is 0. The van der Waals surface area contributed by atoms with Gasteiger partial charge in [0.05, 0.1) is 0 Å². The lowest BCUT2D eigenvalue weighted by molar-refractivity contribution is -0.127. The van der Waals surface area contributed by atoms with Gasteiger partial charge in [-0.25, -0.2) is 4.98 Å². The highest BCUT2D eigenvalue weighted by atomic mass is 16.2. The number of carbonyl (C=O) groups excluding carboxylic acids is 1. The van der Waals surface area contributed by atoms with Crippen LogP contribution in [0.25, 0.3) is 11.0 Å². The lowest BCUT2D eigenvalue weighted by Crippen LogP contribution is -2.27. The number of nitrogens with zero attached hydrogens (tertiary/aromatic N) is 2. The number of carbonyl (C=O) groups is 1. The lowest BCUT2D eigenvalue weighted by atomic mass is 10.1. The number of nitrogens with one attached hydrogen (secondary N) is 1. The Hall–Kier alpha value is -2.28. The van der Waals surface area contributed by atoms with E-state index in [-0.39, 0.29) is 11.8 Å². The number of fused-ring (bicyclic) bond motifs is 1. The Morgan fingerprint density at radius 2 is 2.47 bits per heavy atom. The van der Waals surface area contributed by atoms with E-state index in [1.165, 1.54) is 0 Å². The van der Waals surface area contributed by atoms with Crippen LogP contribution in [-0.4, -0.2) is 33.9 Å². The van der Waals surface area contributed by atoms with Crippen molar-refractivity contribution in [3.05, 3.63) is 30.1 Å². The van der Waals surface area contributed by atoms with Crippen LogP contribution in [0.4, 0.5) is 0 Å². The molecule has 1 saturated heterocycles. The molecule has 1 unspecified atom stereocenters. The number of rotatable bonds is 3. The van der Waals surface area contributed by atoms with Crippen molar-refractivity contribution >= 4 is 16.9 Å². The van der Waals surface area contributed by atoms with Crippen molar-refractivity contribution in [2.75, 3.05) is 13.1 Å². The van der Waals surface area contributed by atoms with E-state index >= 15 is 0 Å². The van der Waals surface area contributed by atoms with E-state index < -0.39 is 0 Å². The molecular formula is C15H15N3O.